The van der Waals surface area contributed by atoms with Crippen LogP contribution >= 0.6 is 45.0 Å². The minimum Gasteiger partial charge on any atom is -0.388 e. The Labute approximate surface area is 190 Å². The van der Waals surface area contributed by atoms with Crippen LogP contribution in [0.4, 0.5) is 5.82 Å². The molecule has 1 aliphatic heterocycles. The number of fused-ring (bicyclic) bond motifs is 1. The third-order valence-electron chi connectivity index (χ3n) is 4.53. The van der Waals surface area contributed by atoms with Crippen LogP contribution < -0.4 is 5.73 Å². The molecule has 15 nitrogen and oxygen atoms in total. The van der Waals surface area contributed by atoms with Gasteiger partial charge in [-0.05, 0) is 20.4 Å². The van der Waals surface area contributed by atoms with Crippen LogP contribution in [0.25, 0.3) is 5.52 Å². The van der Waals surface area contributed by atoms with E-state index in [-0.39, 0.29) is 17.7 Å². The average Bonchev–Trinajstić information content (AvgIpc) is 3.20. The molecule has 8 N–H and O–H groups in total. The minimum absolute atomic E-state index is 0.0308. The standard InChI is InChI=1S/C12H19N5O10P6/c13-4-12(8-2-1-6-11(14)15-5-16-17(6)8)10(19)9(18)7(27-12)3-28-32(23,24)30-33(25,26)29-31(20,21)22/h1-2,5,7,9-10,18-19,28-30H,3H2,(H,23,24)(H,25,26)(H2,14,15,16)(H2,20,21,22)/t7-,9-,10-,12+/m1/s1. The monoisotopic (exact) mass is 579 g/mol. The maximum atomic E-state index is 12.4. The van der Waals surface area contributed by atoms with Gasteiger partial charge in [-0.15, -0.1) is 0 Å². The number of nitrogens with two attached hydrogens (primary N) is 1. The van der Waals surface area contributed by atoms with Crippen LogP contribution in [-0.4, -0.2) is 68.9 Å². The number of nitrogens with zero attached hydrogens (tertiary/aromatic N) is 4. The number of rotatable bonds is 8. The molecule has 182 valence electrons. The molecule has 33 heavy (non-hydrogen) atoms. The zero-order valence-corrected chi connectivity index (χ0v) is 21.9. The van der Waals surface area contributed by atoms with E-state index in [0.717, 1.165) is 6.33 Å². The van der Waals surface area contributed by atoms with Gasteiger partial charge in [0.05, 0.1) is 27.7 Å². The first kappa shape index (κ1) is 27.2. The van der Waals surface area contributed by atoms with Crippen molar-refractivity contribution < 1.29 is 48.2 Å². The van der Waals surface area contributed by atoms with Crippen LogP contribution in [0, 0.1) is 11.3 Å². The highest BCUT2D eigenvalue weighted by molar-refractivity contribution is 8.84. The molecule has 1 aliphatic rings. The Kier molecular flexibility index (Phi) is 7.89. The summed E-state index contributed by atoms with van der Waals surface area (Å²) in [4.78, 5) is 41.4. The highest BCUT2D eigenvalue weighted by Gasteiger charge is 2.57. The summed E-state index contributed by atoms with van der Waals surface area (Å²) in [6.07, 6.45) is -4.02. The van der Waals surface area contributed by atoms with E-state index in [4.69, 9.17) is 20.3 Å². The summed E-state index contributed by atoms with van der Waals surface area (Å²) in [5.41, 5.74) is 4.00. The molecule has 0 radical (unpaired) electrons. The quantitative estimate of drug-likeness (QED) is 0.210. The predicted octanol–water partition coefficient (Wildman–Crippen LogP) is 0.480. The van der Waals surface area contributed by atoms with Gasteiger partial charge in [0.25, 0.3) is 6.75 Å². The second-order valence-corrected chi connectivity index (χ2v) is 28.8. The zero-order valence-electron chi connectivity index (χ0n) is 16.2. The molecule has 2 aromatic rings. The fraction of sp³-hybridized carbons (Fsp3) is 0.417. The first-order valence-electron chi connectivity index (χ1n) is 8.70. The Morgan fingerprint density at radius 2 is 1.85 bits per heavy atom. The molecule has 1 fully saturated rings. The smallest absolute Gasteiger partial charge is 0.351 e. The van der Waals surface area contributed by atoms with Crippen LogP contribution in [0.1, 0.15) is 5.69 Å². The molecule has 0 saturated carbocycles. The molecule has 0 aromatic carbocycles. The van der Waals surface area contributed by atoms with Gasteiger partial charge in [-0.3, -0.25) is 13.7 Å². The summed E-state index contributed by atoms with van der Waals surface area (Å²) in [6.45, 7) is -8.92. The van der Waals surface area contributed by atoms with Gasteiger partial charge >= 0.3 is 7.28 Å². The molecule has 0 spiro atoms. The van der Waals surface area contributed by atoms with Gasteiger partial charge in [0.2, 0.25) is 12.3 Å². The summed E-state index contributed by atoms with van der Waals surface area (Å²) in [5, 5.41) is 34.9. The lowest BCUT2D eigenvalue weighted by Gasteiger charge is -2.24. The van der Waals surface area contributed by atoms with Crippen LogP contribution in [0.3, 0.4) is 0 Å². The van der Waals surface area contributed by atoms with Gasteiger partial charge in [-0.1, -0.05) is 0 Å². The van der Waals surface area contributed by atoms with Crippen LogP contribution in [-0.2, 0) is 24.0 Å². The predicted molar refractivity (Wildman–Crippen MR) is 123 cm³/mol. The molecule has 1 saturated heterocycles. The van der Waals surface area contributed by atoms with Gasteiger partial charge in [-0.25, -0.2) is 9.50 Å². The Morgan fingerprint density at radius 1 is 1.18 bits per heavy atom. The van der Waals surface area contributed by atoms with Crippen molar-refractivity contribution in [3.63, 3.8) is 0 Å². The molecule has 0 bridgehead atoms. The number of nitriles is 1. The fourth-order valence-corrected chi connectivity index (χ4v) is 37.2. The molecule has 0 aliphatic carbocycles. The van der Waals surface area contributed by atoms with Crippen molar-refractivity contribution in [2.24, 2.45) is 0 Å². The van der Waals surface area contributed by atoms with E-state index in [0.29, 0.717) is 5.52 Å². The molecular weight excluding hydrogens is 560 g/mol. The average molecular weight is 579 g/mol. The number of nitrogen functional groups attached to an aromatic ring is 1. The van der Waals surface area contributed by atoms with E-state index >= 15 is 0 Å². The topological polar surface area (TPSA) is 262 Å². The van der Waals surface area contributed by atoms with Crippen molar-refractivity contribution >= 4 is 56.3 Å². The largest absolute Gasteiger partial charge is 0.388 e. The van der Waals surface area contributed by atoms with Crippen LogP contribution in [0.5, 0.6) is 0 Å². The highest BCUT2D eigenvalue weighted by atomic mass is 32.8. The fourth-order valence-electron chi connectivity index (χ4n) is 3.21. The lowest BCUT2D eigenvalue weighted by Crippen LogP contribution is -2.40. The molecule has 21 heteroatoms. The van der Waals surface area contributed by atoms with E-state index in [1.54, 1.807) is 0 Å². The van der Waals surface area contributed by atoms with Gasteiger partial charge in [0.1, 0.15) is 30.1 Å². The molecule has 3 heterocycles. The van der Waals surface area contributed by atoms with Crippen molar-refractivity contribution in [3.05, 3.63) is 24.2 Å². The summed E-state index contributed by atoms with van der Waals surface area (Å²) in [6, 6.07) is 4.69. The first-order valence-corrected chi connectivity index (χ1v) is 21.0. The van der Waals surface area contributed by atoms with E-state index in [2.05, 4.69) is 10.1 Å². The van der Waals surface area contributed by atoms with Gasteiger partial charge < -0.3 is 40.3 Å². The van der Waals surface area contributed by atoms with Gasteiger partial charge in [0, 0.05) is 6.16 Å². The summed E-state index contributed by atoms with van der Waals surface area (Å²) < 4.78 is 42.3. The molecule has 5 unspecified atom stereocenters. The van der Waals surface area contributed by atoms with Crippen LogP contribution in [0.15, 0.2) is 18.5 Å². The number of aliphatic hydroxyl groups excluding tert-OH is 2. The van der Waals surface area contributed by atoms with Crippen molar-refractivity contribution in [1.82, 2.24) is 14.6 Å². The number of hydrogen-bond donors (Lipinski definition) is 7. The lowest BCUT2D eigenvalue weighted by molar-refractivity contribution is -0.0448. The van der Waals surface area contributed by atoms with Gasteiger partial charge in [-0.2, -0.15) is 10.4 Å². The van der Waals surface area contributed by atoms with E-state index in [9.17, 15) is 39.0 Å². The van der Waals surface area contributed by atoms with Gasteiger partial charge in [0.15, 0.2) is 5.82 Å². The number of hydrogen-bond acceptors (Lipinski definition) is 10. The molecular formula is C12H19N5O10P6. The van der Waals surface area contributed by atoms with Crippen molar-refractivity contribution in [2.75, 3.05) is 11.9 Å². The number of ether oxygens (including phenoxy) is 1. The number of anilines is 1. The Bertz CT molecular complexity index is 1250. The first-order chi connectivity index (χ1) is 15.1. The maximum absolute atomic E-state index is 12.4. The third-order valence-corrected chi connectivity index (χ3v) is 30.9. The zero-order chi connectivity index (χ0) is 24.8. The maximum Gasteiger partial charge on any atom is 0.351 e. The number of aliphatic hydroxyl groups is 2. The summed E-state index contributed by atoms with van der Waals surface area (Å²) in [7, 11) is -9.08. The molecule has 3 rings (SSSR count). The van der Waals surface area contributed by atoms with E-state index in [1.165, 1.54) is 16.6 Å². The van der Waals surface area contributed by atoms with Crippen molar-refractivity contribution in [3.8, 4) is 6.07 Å². The number of aromatic nitrogens is 3. The second kappa shape index (κ2) is 9.58. The summed E-state index contributed by atoms with van der Waals surface area (Å²) in [5.74, 6) is 0.0852. The molecule has 9 atom stereocenters. The lowest BCUT2D eigenvalue weighted by atomic mass is 9.93. The highest BCUT2D eigenvalue weighted by Crippen LogP contribution is 2.96. The van der Waals surface area contributed by atoms with Crippen molar-refractivity contribution in [2.45, 2.75) is 23.9 Å². The Morgan fingerprint density at radius 3 is 2.45 bits per heavy atom. The Hall–Kier alpha value is -0.390. The van der Waals surface area contributed by atoms with E-state index < -0.39 is 68.9 Å². The third kappa shape index (κ3) is 5.89. The second-order valence-electron chi connectivity index (χ2n) is 6.86. The van der Waals surface area contributed by atoms with Crippen LogP contribution in [0.2, 0.25) is 0 Å². The Balaban J connectivity index is 1.80. The molecule has 0 amide bonds. The van der Waals surface area contributed by atoms with Crippen molar-refractivity contribution in [1.29, 1.82) is 5.26 Å². The molecule has 2 aromatic heterocycles. The minimum atomic E-state index is -4.87. The SMILES string of the molecule is N#C[C@@]1(c2ccc3c(N)ncnn23)O[C@H](CPP(=O)(O)PP(=O)(O)PP(=O)(O)O)[C@@H](O)[C@H]1O. The summed E-state index contributed by atoms with van der Waals surface area (Å²) >= 11 is 0. The normalized spacial score (nSPS) is 30.5. The van der Waals surface area contributed by atoms with E-state index in [1.807, 2.05) is 6.07 Å².